The number of hydrogen-bond donors (Lipinski definition) is 2. The fourth-order valence-electron chi connectivity index (χ4n) is 2.69. The minimum absolute atomic E-state index is 0.0565. The van der Waals surface area contributed by atoms with Crippen LogP contribution in [-0.4, -0.2) is 84.2 Å². The molecule has 2 rings (SSSR count). The van der Waals surface area contributed by atoms with Gasteiger partial charge in [0.05, 0.1) is 6.54 Å². The van der Waals surface area contributed by atoms with E-state index in [1.165, 1.54) is 0 Å². The zero-order valence-electron chi connectivity index (χ0n) is 11.1. The third-order valence-corrected chi connectivity index (χ3v) is 3.89. The van der Waals surface area contributed by atoms with Gasteiger partial charge in [0.15, 0.2) is 0 Å². The topological polar surface area (TPSA) is 90.1 Å². The lowest BCUT2D eigenvalue weighted by Crippen LogP contribution is -2.53. The number of likely N-dealkylation sites (tertiary alicyclic amines) is 1. The number of aliphatic carboxylic acids is 1. The van der Waals surface area contributed by atoms with Gasteiger partial charge < -0.3 is 20.6 Å². The largest absolute Gasteiger partial charge is 0.480 e. The van der Waals surface area contributed by atoms with Crippen LogP contribution in [0, 0.1) is 5.92 Å². The van der Waals surface area contributed by atoms with Crippen LogP contribution < -0.4 is 5.73 Å². The standard InChI is InChI=1S/C12H22N4O3/c13-7-10-1-2-16(8-10)12(19)15-5-3-14(4-6-15)9-11(17)18/h10H,1-9,13H2,(H,17,18). The van der Waals surface area contributed by atoms with E-state index >= 15 is 0 Å². The quantitative estimate of drug-likeness (QED) is 0.693. The maximum Gasteiger partial charge on any atom is 0.320 e. The number of rotatable bonds is 3. The number of carboxylic acids is 1. The second-order valence-corrected chi connectivity index (χ2v) is 5.28. The van der Waals surface area contributed by atoms with Crippen molar-refractivity contribution in [1.82, 2.24) is 14.7 Å². The fourth-order valence-corrected chi connectivity index (χ4v) is 2.69. The Bertz CT molecular complexity index is 342. The van der Waals surface area contributed by atoms with Crippen LogP contribution in [0.3, 0.4) is 0 Å². The molecule has 2 aliphatic heterocycles. The van der Waals surface area contributed by atoms with Gasteiger partial charge in [0.1, 0.15) is 0 Å². The van der Waals surface area contributed by atoms with Gasteiger partial charge in [0.2, 0.25) is 0 Å². The first-order chi connectivity index (χ1) is 9.10. The first kappa shape index (κ1) is 14.1. The van der Waals surface area contributed by atoms with Gasteiger partial charge in [-0.2, -0.15) is 0 Å². The molecule has 19 heavy (non-hydrogen) atoms. The van der Waals surface area contributed by atoms with Crippen LogP contribution in [0.4, 0.5) is 4.79 Å². The van der Waals surface area contributed by atoms with E-state index in [0.717, 1.165) is 19.5 Å². The molecule has 0 aromatic heterocycles. The van der Waals surface area contributed by atoms with Gasteiger partial charge in [-0.1, -0.05) is 0 Å². The number of nitrogens with zero attached hydrogens (tertiary/aromatic N) is 3. The summed E-state index contributed by atoms with van der Waals surface area (Å²) >= 11 is 0. The Kier molecular flexibility index (Phi) is 4.60. The Morgan fingerprint density at radius 1 is 1.11 bits per heavy atom. The van der Waals surface area contributed by atoms with Crippen LogP contribution in [0.1, 0.15) is 6.42 Å². The summed E-state index contributed by atoms with van der Waals surface area (Å²) in [5.41, 5.74) is 5.63. The van der Waals surface area contributed by atoms with E-state index in [4.69, 9.17) is 10.8 Å². The number of urea groups is 1. The maximum atomic E-state index is 12.3. The van der Waals surface area contributed by atoms with E-state index in [2.05, 4.69) is 0 Å². The number of carbonyl (C=O) groups is 2. The summed E-state index contributed by atoms with van der Waals surface area (Å²) in [4.78, 5) is 28.4. The first-order valence-electron chi connectivity index (χ1n) is 6.78. The monoisotopic (exact) mass is 270 g/mol. The maximum absolute atomic E-state index is 12.3. The van der Waals surface area contributed by atoms with E-state index < -0.39 is 5.97 Å². The number of nitrogens with two attached hydrogens (primary N) is 1. The van der Waals surface area contributed by atoms with Crippen LogP contribution in [0.15, 0.2) is 0 Å². The minimum Gasteiger partial charge on any atom is -0.480 e. The summed E-state index contributed by atoms with van der Waals surface area (Å²) < 4.78 is 0. The van der Waals surface area contributed by atoms with E-state index in [1.54, 1.807) is 0 Å². The highest BCUT2D eigenvalue weighted by Crippen LogP contribution is 2.17. The van der Waals surface area contributed by atoms with Crippen LogP contribution in [0.5, 0.6) is 0 Å². The summed E-state index contributed by atoms with van der Waals surface area (Å²) in [5.74, 6) is -0.387. The fraction of sp³-hybridized carbons (Fsp3) is 0.833. The molecule has 0 bridgehead atoms. The molecule has 1 atom stereocenters. The molecule has 1 unspecified atom stereocenters. The molecule has 7 heteroatoms. The van der Waals surface area contributed by atoms with Crippen molar-refractivity contribution in [1.29, 1.82) is 0 Å². The highest BCUT2D eigenvalue weighted by atomic mass is 16.4. The molecule has 0 aliphatic carbocycles. The SMILES string of the molecule is NCC1CCN(C(=O)N2CCN(CC(=O)O)CC2)C1. The summed E-state index contributed by atoms with van der Waals surface area (Å²) in [6, 6.07) is 0.0749. The molecule has 3 N–H and O–H groups in total. The molecule has 0 spiro atoms. The third-order valence-electron chi connectivity index (χ3n) is 3.89. The normalized spacial score (nSPS) is 24.8. The number of piperazine rings is 1. The van der Waals surface area contributed by atoms with Crippen molar-refractivity contribution in [2.75, 3.05) is 52.4 Å². The number of carbonyl (C=O) groups excluding carboxylic acids is 1. The van der Waals surface area contributed by atoms with Crippen LogP contribution >= 0.6 is 0 Å². The number of amides is 2. The van der Waals surface area contributed by atoms with Crippen molar-refractivity contribution >= 4 is 12.0 Å². The van der Waals surface area contributed by atoms with Gasteiger partial charge in [0.25, 0.3) is 0 Å². The van der Waals surface area contributed by atoms with E-state index in [9.17, 15) is 9.59 Å². The smallest absolute Gasteiger partial charge is 0.320 e. The summed E-state index contributed by atoms with van der Waals surface area (Å²) in [6.07, 6.45) is 0.987. The van der Waals surface area contributed by atoms with Crippen LogP contribution in [-0.2, 0) is 4.79 Å². The Labute approximate surface area is 112 Å². The van der Waals surface area contributed by atoms with Crippen molar-refractivity contribution in [2.24, 2.45) is 11.7 Å². The van der Waals surface area contributed by atoms with Crippen LogP contribution in [0.2, 0.25) is 0 Å². The second kappa shape index (κ2) is 6.21. The Balaban J connectivity index is 1.78. The van der Waals surface area contributed by atoms with Crippen molar-refractivity contribution in [3.8, 4) is 0 Å². The van der Waals surface area contributed by atoms with Crippen LogP contribution in [0.25, 0.3) is 0 Å². The average Bonchev–Trinajstić information content (AvgIpc) is 2.87. The molecule has 108 valence electrons. The number of hydrogen-bond acceptors (Lipinski definition) is 4. The zero-order chi connectivity index (χ0) is 13.8. The summed E-state index contributed by atoms with van der Waals surface area (Å²) in [7, 11) is 0. The summed E-state index contributed by atoms with van der Waals surface area (Å²) in [5, 5.41) is 8.73. The summed E-state index contributed by atoms with van der Waals surface area (Å²) in [6.45, 7) is 4.71. The van der Waals surface area contributed by atoms with E-state index in [-0.39, 0.29) is 12.6 Å². The van der Waals surface area contributed by atoms with E-state index in [0.29, 0.717) is 38.6 Å². The molecule has 0 saturated carbocycles. The Morgan fingerprint density at radius 2 is 1.79 bits per heavy atom. The zero-order valence-corrected chi connectivity index (χ0v) is 11.1. The molecule has 2 amide bonds. The lowest BCUT2D eigenvalue weighted by atomic mass is 10.1. The second-order valence-electron chi connectivity index (χ2n) is 5.28. The predicted molar refractivity (Wildman–Crippen MR) is 69.8 cm³/mol. The van der Waals surface area contributed by atoms with Crippen molar-refractivity contribution in [3.63, 3.8) is 0 Å². The van der Waals surface area contributed by atoms with Crippen molar-refractivity contribution < 1.29 is 14.7 Å². The Hall–Kier alpha value is -1.34. The highest BCUT2D eigenvalue weighted by molar-refractivity contribution is 5.75. The lowest BCUT2D eigenvalue weighted by molar-refractivity contribution is -0.138. The lowest BCUT2D eigenvalue weighted by Gasteiger charge is -2.36. The van der Waals surface area contributed by atoms with Gasteiger partial charge >= 0.3 is 12.0 Å². The number of carboxylic acid groups (broad SMARTS) is 1. The molecule has 7 nitrogen and oxygen atoms in total. The van der Waals surface area contributed by atoms with Gasteiger partial charge in [-0.3, -0.25) is 9.69 Å². The predicted octanol–water partition coefficient (Wildman–Crippen LogP) is -0.911. The van der Waals surface area contributed by atoms with E-state index in [1.807, 2.05) is 14.7 Å². The van der Waals surface area contributed by atoms with Gasteiger partial charge in [0, 0.05) is 39.3 Å². The van der Waals surface area contributed by atoms with Crippen molar-refractivity contribution in [3.05, 3.63) is 0 Å². The Morgan fingerprint density at radius 3 is 2.32 bits per heavy atom. The van der Waals surface area contributed by atoms with Crippen molar-refractivity contribution in [2.45, 2.75) is 6.42 Å². The van der Waals surface area contributed by atoms with Gasteiger partial charge in [-0.15, -0.1) is 0 Å². The molecular weight excluding hydrogens is 248 g/mol. The molecule has 2 heterocycles. The molecule has 2 saturated heterocycles. The molecule has 0 aromatic carbocycles. The van der Waals surface area contributed by atoms with Gasteiger partial charge in [-0.05, 0) is 18.9 Å². The minimum atomic E-state index is -0.815. The highest BCUT2D eigenvalue weighted by Gasteiger charge is 2.30. The first-order valence-corrected chi connectivity index (χ1v) is 6.78. The molecule has 2 aliphatic rings. The molecule has 2 fully saturated rings. The molecule has 0 aromatic rings. The third kappa shape index (κ3) is 3.57. The average molecular weight is 270 g/mol. The van der Waals surface area contributed by atoms with Gasteiger partial charge in [-0.25, -0.2) is 4.79 Å². The molecular formula is C12H22N4O3. The molecule has 0 radical (unpaired) electrons.